The molecule has 1 saturated heterocycles. The molecule has 0 aromatic rings. The van der Waals surface area contributed by atoms with Crippen molar-refractivity contribution in [2.45, 2.75) is 39.2 Å². The van der Waals surface area contributed by atoms with Gasteiger partial charge in [0, 0.05) is 25.4 Å². The summed E-state index contributed by atoms with van der Waals surface area (Å²) in [6, 6.07) is 0. The van der Waals surface area contributed by atoms with E-state index in [2.05, 4.69) is 0 Å². The van der Waals surface area contributed by atoms with Crippen LogP contribution in [0.5, 0.6) is 0 Å². The van der Waals surface area contributed by atoms with Crippen LogP contribution >= 0.6 is 0 Å². The van der Waals surface area contributed by atoms with Gasteiger partial charge >= 0.3 is 6.09 Å². The molecular formula is C12H19NO3. The highest BCUT2D eigenvalue weighted by atomic mass is 16.6. The molecule has 90 valence electrons. The van der Waals surface area contributed by atoms with E-state index in [1.807, 2.05) is 20.8 Å². The minimum Gasteiger partial charge on any atom is -0.444 e. The van der Waals surface area contributed by atoms with Crippen molar-refractivity contribution in [1.29, 1.82) is 0 Å². The first kappa shape index (κ1) is 11.4. The Morgan fingerprint density at radius 2 is 2.12 bits per heavy atom. The molecule has 2 fully saturated rings. The maximum Gasteiger partial charge on any atom is 0.410 e. The number of amides is 1. The molecule has 1 aliphatic carbocycles. The van der Waals surface area contributed by atoms with Crippen LogP contribution in [0.3, 0.4) is 0 Å². The van der Waals surface area contributed by atoms with E-state index in [1.165, 1.54) is 0 Å². The second-order valence-electron chi connectivity index (χ2n) is 5.75. The van der Waals surface area contributed by atoms with Crippen LogP contribution in [0.15, 0.2) is 0 Å². The van der Waals surface area contributed by atoms with Crippen LogP contribution in [-0.2, 0) is 9.53 Å². The van der Waals surface area contributed by atoms with Crippen molar-refractivity contribution in [1.82, 2.24) is 4.90 Å². The third kappa shape index (κ3) is 2.20. The maximum absolute atomic E-state index is 11.8. The Morgan fingerprint density at radius 1 is 1.44 bits per heavy atom. The minimum atomic E-state index is -0.461. The van der Waals surface area contributed by atoms with Crippen molar-refractivity contribution >= 4 is 11.9 Å². The number of carbonyl (C=O) groups excluding carboxylic acids is 2. The third-order valence-electron chi connectivity index (χ3n) is 3.28. The fourth-order valence-electron chi connectivity index (χ4n) is 2.35. The number of ketones is 1. The Hall–Kier alpha value is -1.06. The van der Waals surface area contributed by atoms with E-state index < -0.39 is 5.60 Å². The fraction of sp³-hybridized carbons (Fsp3) is 0.833. The van der Waals surface area contributed by atoms with Gasteiger partial charge in [-0.1, -0.05) is 0 Å². The molecule has 0 N–H and O–H groups in total. The lowest BCUT2D eigenvalue weighted by Crippen LogP contribution is -2.53. The lowest BCUT2D eigenvalue weighted by atomic mass is 9.68. The zero-order chi connectivity index (χ0) is 11.9. The Balaban J connectivity index is 1.91. The minimum absolute atomic E-state index is 0.0845. The van der Waals surface area contributed by atoms with Crippen molar-refractivity contribution in [2.24, 2.45) is 11.8 Å². The molecule has 16 heavy (non-hydrogen) atoms. The van der Waals surface area contributed by atoms with Crippen LogP contribution in [0, 0.1) is 11.8 Å². The van der Waals surface area contributed by atoms with E-state index in [4.69, 9.17) is 4.74 Å². The molecule has 2 aliphatic rings. The predicted molar refractivity (Wildman–Crippen MR) is 59.0 cm³/mol. The molecule has 4 heteroatoms. The van der Waals surface area contributed by atoms with Gasteiger partial charge in [-0.25, -0.2) is 4.79 Å². The summed E-state index contributed by atoms with van der Waals surface area (Å²) in [6.45, 7) is 6.84. The predicted octanol–water partition coefficient (Wildman–Crippen LogP) is 1.83. The quantitative estimate of drug-likeness (QED) is 0.632. The molecule has 0 bridgehead atoms. The normalized spacial score (nSPS) is 29.4. The van der Waals surface area contributed by atoms with E-state index in [1.54, 1.807) is 4.90 Å². The van der Waals surface area contributed by atoms with E-state index in [9.17, 15) is 9.59 Å². The number of hydrogen-bond donors (Lipinski definition) is 0. The SMILES string of the molecule is CC(C)(C)OC(=O)N1CC[C@@H]2CC(=O)[C@H]2C1. The summed E-state index contributed by atoms with van der Waals surface area (Å²) in [4.78, 5) is 24.8. The molecule has 1 saturated carbocycles. The zero-order valence-electron chi connectivity index (χ0n) is 10.2. The Bertz CT molecular complexity index is 319. The van der Waals surface area contributed by atoms with Crippen LogP contribution < -0.4 is 0 Å². The molecule has 0 aromatic heterocycles. The van der Waals surface area contributed by atoms with Gasteiger partial charge in [-0.2, -0.15) is 0 Å². The summed E-state index contributed by atoms with van der Waals surface area (Å²) in [5.41, 5.74) is -0.461. The van der Waals surface area contributed by atoms with Crippen molar-refractivity contribution in [3.05, 3.63) is 0 Å². The Kier molecular flexibility index (Phi) is 2.68. The summed E-state index contributed by atoms with van der Waals surface area (Å²) < 4.78 is 5.30. The molecule has 1 amide bonds. The molecule has 0 aromatic carbocycles. The van der Waals surface area contributed by atoms with Gasteiger partial charge in [-0.05, 0) is 33.1 Å². The summed E-state index contributed by atoms with van der Waals surface area (Å²) in [5.74, 6) is 0.908. The number of rotatable bonds is 0. The van der Waals surface area contributed by atoms with Gasteiger partial charge in [-0.15, -0.1) is 0 Å². The summed E-state index contributed by atoms with van der Waals surface area (Å²) >= 11 is 0. The summed E-state index contributed by atoms with van der Waals surface area (Å²) in [7, 11) is 0. The van der Waals surface area contributed by atoms with Crippen molar-refractivity contribution in [3.8, 4) is 0 Å². The first-order chi connectivity index (χ1) is 7.37. The number of likely N-dealkylation sites (tertiary alicyclic amines) is 1. The summed E-state index contributed by atoms with van der Waals surface area (Å²) in [5, 5.41) is 0. The molecule has 1 heterocycles. The maximum atomic E-state index is 11.8. The number of carbonyl (C=O) groups is 2. The standard InChI is InChI=1S/C12H19NO3/c1-12(2,3)16-11(15)13-5-4-8-6-10(14)9(8)7-13/h8-9H,4-7H2,1-3H3/t8-,9+/m1/s1. The summed E-state index contributed by atoms with van der Waals surface area (Å²) in [6.07, 6.45) is 1.37. The van der Waals surface area contributed by atoms with Crippen LogP contribution in [0.25, 0.3) is 0 Å². The average Bonchev–Trinajstić information content (AvgIpc) is 2.13. The lowest BCUT2D eigenvalue weighted by Gasteiger charge is -2.43. The number of piperidine rings is 1. The van der Waals surface area contributed by atoms with Crippen LogP contribution in [0.1, 0.15) is 33.6 Å². The van der Waals surface area contributed by atoms with Crippen molar-refractivity contribution in [2.75, 3.05) is 13.1 Å². The third-order valence-corrected chi connectivity index (χ3v) is 3.28. The molecule has 0 spiro atoms. The Morgan fingerprint density at radius 3 is 2.69 bits per heavy atom. The fourth-order valence-corrected chi connectivity index (χ4v) is 2.35. The highest BCUT2D eigenvalue weighted by Crippen LogP contribution is 2.37. The smallest absolute Gasteiger partial charge is 0.410 e. The van der Waals surface area contributed by atoms with Gasteiger partial charge in [0.2, 0.25) is 0 Å². The number of nitrogens with zero attached hydrogens (tertiary/aromatic N) is 1. The molecule has 2 rings (SSSR count). The van der Waals surface area contributed by atoms with Crippen molar-refractivity contribution in [3.63, 3.8) is 0 Å². The van der Waals surface area contributed by atoms with Crippen LogP contribution in [0.2, 0.25) is 0 Å². The first-order valence-electron chi connectivity index (χ1n) is 5.87. The number of fused-ring (bicyclic) bond motifs is 1. The molecule has 4 nitrogen and oxygen atoms in total. The molecule has 2 atom stereocenters. The van der Waals surface area contributed by atoms with E-state index in [0.717, 1.165) is 13.0 Å². The van der Waals surface area contributed by atoms with E-state index in [-0.39, 0.29) is 12.0 Å². The molecule has 1 aliphatic heterocycles. The van der Waals surface area contributed by atoms with E-state index >= 15 is 0 Å². The number of hydrogen-bond acceptors (Lipinski definition) is 3. The average molecular weight is 225 g/mol. The number of Topliss-reactive ketones (excluding diaryl/α,β-unsaturated/α-hetero) is 1. The second-order valence-corrected chi connectivity index (χ2v) is 5.75. The van der Waals surface area contributed by atoms with Gasteiger partial charge in [0.15, 0.2) is 0 Å². The highest BCUT2D eigenvalue weighted by molar-refractivity contribution is 5.88. The van der Waals surface area contributed by atoms with Crippen LogP contribution in [0.4, 0.5) is 4.79 Å². The largest absolute Gasteiger partial charge is 0.444 e. The van der Waals surface area contributed by atoms with Gasteiger partial charge in [0.1, 0.15) is 11.4 Å². The molecule has 0 radical (unpaired) electrons. The van der Waals surface area contributed by atoms with Crippen LogP contribution in [-0.4, -0.2) is 35.5 Å². The molecule has 0 unspecified atom stereocenters. The first-order valence-corrected chi connectivity index (χ1v) is 5.87. The van der Waals surface area contributed by atoms with Crippen molar-refractivity contribution < 1.29 is 14.3 Å². The number of ether oxygens (including phenoxy) is 1. The van der Waals surface area contributed by atoms with Gasteiger partial charge < -0.3 is 9.64 Å². The Labute approximate surface area is 95.9 Å². The topological polar surface area (TPSA) is 46.6 Å². The van der Waals surface area contributed by atoms with Gasteiger partial charge in [0.25, 0.3) is 0 Å². The second kappa shape index (κ2) is 3.75. The van der Waals surface area contributed by atoms with Gasteiger partial charge in [0.05, 0.1) is 0 Å². The van der Waals surface area contributed by atoms with Gasteiger partial charge in [-0.3, -0.25) is 4.79 Å². The molecular weight excluding hydrogens is 206 g/mol. The van der Waals surface area contributed by atoms with E-state index in [0.29, 0.717) is 24.7 Å². The monoisotopic (exact) mass is 225 g/mol. The lowest BCUT2D eigenvalue weighted by molar-refractivity contribution is -0.137. The zero-order valence-corrected chi connectivity index (χ0v) is 10.2. The highest BCUT2D eigenvalue weighted by Gasteiger charge is 2.44.